The summed E-state index contributed by atoms with van der Waals surface area (Å²) < 4.78 is 30.6. The van der Waals surface area contributed by atoms with Crippen LogP contribution in [0.3, 0.4) is 0 Å². The first-order chi connectivity index (χ1) is 10.3. The van der Waals surface area contributed by atoms with Crippen LogP contribution in [0.2, 0.25) is 0 Å². The van der Waals surface area contributed by atoms with Crippen molar-refractivity contribution in [2.45, 2.75) is 30.4 Å². The lowest BCUT2D eigenvalue weighted by molar-refractivity contribution is 0.351. The molecule has 0 bridgehead atoms. The second-order valence-electron chi connectivity index (χ2n) is 6.05. The largest absolute Gasteiger partial charge is 0.469 e. The number of hydrogen-bond acceptors (Lipinski definition) is 4. The van der Waals surface area contributed by atoms with Crippen molar-refractivity contribution in [1.82, 2.24) is 4.90 Å². The smallest absolute Gasteiger partial charge is 0.182 e. The Hall–Kier alpha value is -1.59. The Bertz CT molecular complexity index is 715. The lowest BCUT2D eigenvalue weighted by atomic mass is 10.1. The summed E-state index contributed by atoms with van der Waals surface area (Å²) >= 11 is 0. The number of furan rings is 1. The first kappa shape index (κ1) is 16.8. The molecule has 4 nitrogen and oxygen atoms in total. The molecule has 0 spiro atoms. The number of aryl methyl sites for hydroxylation is 1. The number of rotatable bonds is 6. The van der Waals surface area contributed by atoms with Gasteiger partial charge < -0.3 is 9.32 Å². The molecule has 1 unspecified atom stereocenters. The van der Waals surface area contributed by atoms with Crippen molar-refractivity contribution in [1.29, 1.82) is 0 Å². The zero-order valence-electron chi connectivity index (χ0n) is 13.5. The standard InChI is InChI=1S/C17H23NO3S/c1-13-5-7-16(8-6-13)22(19,20)12-15-9-10-21-17(15)14(2)11-18(3)4/h5-10,14H,11-12H2,1-4H3. The van der Waals surface area contributed by atoms with Crippen LogP contribution in [0.15, 0.2) is 45.9 Å². The van der Waals surface area contributed by atoms with Gasteiger partial charge in [-0.3, -0.25) is 0 Å². The van der Waals surface area contributed by atoms with Gasteiger partial charge in [-0.25, -0.2) is 8.42 Å². The molecule has 0 aliphatic heterocycles. The molecule has 1 aromatic heterocycles. The highest BCUT2D eigenvalue weighted by molar-refractivity contribution is 7.90. The van der Waals surface area contributed by atoms with Crippen LogP contribution in [0.4, 0.5) is 0 Å². The van der Waals surface area contributed by atoms with Gasteiger partial charge in [0.2, 0.25) is 0 Å². The first-order valence-corrected chi connectivity index (χ1v) is 8.95. The van der Waals surface area contributed by atoms with Crippen LogP contribution in [0.25, 0.3) is 0 Å². The van der Waals surface area contributed by atoms with Gasteiger partial charge in [-0.1, -0.05) is 24.6 Å². The molecule has 1 aromatic carbocycles. The summed E-state index contributed by atoms with van der Waals surface area (Å²) in [6.45, 7) is 4.79. The van der Waals surface area contributed by atoms with E-state index < -0.39 is 9.84 Å². The molecule has 0 fully saturated rings. The maximum Gasteiger partial charge on any atom is 0.182 e. The quantitative estimate of drug-likeness (QED) is 0.819. The molecule has 5 heteroatoms. The van der Waals surface area contributed by atoms with Gasteiger partial charge in [0.05, 0.1) is 16.9 Å². The molecule has 0 saturated carbocycles. The lowest BCUT2D eigenvalue weighted by Gasteiger charge is -2.16. The third-order valence-electron chi connectivity index (χ3n) is 3.59. The van der Waals surface area contributed by atoms with Gasteiger partial charge in [0.1, 0.15) is 5.76 Å². The van der Waals surface area contributed by atoms with Crippen LogP contribution in [-0.4, -0.2) is 34.0 Å². The normalized spacial score (nSPS) is 13.5. The van der Waals surface area contributed by atoms with Gasteiger partial charge in [0.25, 0.3) is 0 Å². The highest BCUT2D eigenvalue weighted by atomic mass is 32.2. The second kappa shape index (κ2) is 6.67. The topological polar surface area (TPSA) is 50.5 Å². The average Bonchev–Trinajstić information content (AvgIpc) is 2.86. The van der Waals surface area contributed by atoms with E-state index in [1.54, 1.807) is 24.5 Å². The molecule has 2 rings (SSSR count). The summed E-state index contributed by atoms with van der Waals surface area (Å²) in [5.41, 5.74) is 1.79. The molecule has 0 N–H and O–H groups in total. The van der Waals surface area contributed by atoms with Gasteiger partial charge in [-0.15, -0.1) is 0 Å². The molecule has 0 radical (unpaired) electrons. The van der Waals surface area contributed by atoms with Crippen LogP contribution in [-0.2, 0) is 15.6 Å². The van der Waals surface area contributed by atoms with Gasteiger partial charge in [0.15, 0.2) is 9.84 Å². The van der Waals surface area contributed by atoms with E-state index in [4.69, 9.17) is 4.42 Å². The van der Waals surface area contributed by atoms with Gasteiger partial charge in [-0.05, 0) is 39.2 Å². The molecule has 0 aliphatic carbocycles. The second-order valence-corrected chi connectivity index (χ2v) is 8.04. The summed E-state index contributed by atoms with van der Waals surface area (Å²) in [7, 11) is 0.618. The predicted molar refractivity (Wildman–Crippen MR) is 87.7 cm³/mol. The molecular formula is C17H23NO3S. The van der Waals surface area contributed by atoms with Crippen molar-refractivity contribution < 1.29 is 12.8 Å². The van der Waals surface area contributed by atoms with E-state index in [-0.39, 0.29) is 11.7 Å². The fraction of sp³-hybridized carbons (Fsp3) is 0.412. The Balaban J connectivity index is 2.24. The number of benzene rings is 1. The molecule has 22 heavy (non-hydrogen) atoms. The van der Waals surface area contributed by atoms with Crippen LogP contribution in [0.1, 0.15) is 29.7 Å². The summed E-state index contributed by atoms with van der Waals surface area (Å²) in [5, 5.41) is 0. The predicted octanol–water partition coefficient (Wildman–Crippen LogP) is 3.23. The Morgan fingerprint density at radius 3 is 2.36 bits per heavy atom. The van der Waals surface area contributed by atoms with Gasteiger partial charge in [0, 0.05) is 18.0 Å². The summed E-state index contributed by atoms with van der Waals surface area (Å²) in [6, 6.07) is 8.71. The van der Waals surface area contributed by atoms with Gasteiger partial charge in [-0.2, -0.15) is 0 Å². The molecule has 0 amide bonds. The molecule has 0 aliphatic rings. The molecule has 1 atom stereocenters. The molecular weight excluding hydrogens is 298 g/mol. The van der Waals surface area contributed by atoms with Crippen molar-refractivity contribution in [2.75, 3.05) is 20.6 Å². The van der Waals surface area contributed by atoms with Crippen LogP contribution in [0.5, 0.6) is 0 Å². The number of nitrogens with zero attached hydrogens (tertiary/aromatic N) is 1. The zero-order valence-corrected chi connectivity index (χ0v) is 14.4. The van der Waals surface area contributed by atoms with E-state index >= 15 is 0 Å². The van der Waals surface area contributed by atoms with E-state index in [2.05, 4.69) is 4.90 Å². The van der Waals surface area contributed by atoms with E-state index in [0.29, 0.717) is 4.90 Å². The molecule has 1 heterocycles. The van der Waals surface area contributed by atoms with Crippen LogP contribution < -0.4 is 0 Å². The number of sulfone groups is 1. The van der Waals surface area contributed by atoms with Gasteiger partial charge >= 0.3 is 0 Å². The number of likely N-dealkylation sites (N-methyl/N-ethyl adjacent to an activating group) is 1. The van der Waals surface area contributed by atoms with Crippen molar-refractivity contribution in [3.8, 4) is 0 Å². The maximum absolute atomic E-state index is 12.6. The Morgan fingerprint density at radius 1 is 1.14 bits per heavy atom. The third-order valence-corrected chi connectivity index (χ3v) is 5.27. The van der Waals surface area contributed by atoms with Crippen molar-refractivity contribution in [3.05, 3.63) is 53.5 Å². The average molecular weight is 321 g/mol. The van der Waals surface area contributed by atoms with E-state index in [1.807, 2.05) is 40.1 Å². The monoisotopic (exact) mass is 321 g/mol. The van der Waals surface area contributed by atoms with E-state index in [0.717, 1.165) is 23.4 Å². The van der Waals surface area contributed by atoms with Crippen molar-refractivity contribution >= 4 is 9.84 Å². The summed E-state index contributed by atoms with van der Waals surface area (Å²) in [5.74, 6) is 0.872. The van der Waals surface area contributed by atoms with E-state index in [1.165, 1.54) is 0 Å². The van der Waals surface area contributed by atoms with Crippen LogP contribution >= 0.6 is 0 Å². The maximum atomic E-state index is 12.6. The molecule has 120 valence electrons. The fourth-order valence-electron chi connectivity index (χ4n) is 2.56. The van der Waals surface area contributed by atoms with Crippen molar-refractivity contribution in [3.63, 3.8) is 0 Å². The Morgan fingerprint density at radius 2 is 1.77 bits per heavy atom. The fourth-order valence-corrected chi connectivity index (χ4v) is 3.93. The molecule has 0 saturated heterocycles. The minimum Gasteiger partial charge on any atom is -0.469 e. The third kappa shape index (κ3) is 3.99. The van der Waals surface area contributed by atoms with Crippen molar-refractivity contribution in [2.24, 2.45) is 0 Å². The first-order valence-electron chi connectivity index (χ1n) is 7.30. The highest BCUT2D eigenvalue weighted by Crippen LogP contribution is 2.26. The SMILES string of the molecule is Cc1ccc(S(=O)(=O)Cc2ccoc2C(C)CN(C)C)cc1. The summed E-state index contributed by atoms with van der Waals surface area (Å²) in [6.07, 6.45) is 1.57. The Labute approximate surface area is 132 Å². The Kier molecular flexibility index (Phi) is 5.08. The summed E-state index contributed by atoms with van der Waals surface area (Å²) in [4.78, 5) is 2.41. The molecule has 2 aromatic rings. The number of hydrogen-bond donors (Lipinski definition) is 0. The minimum absolute atomic E-state index is 0.0281. The minimum atomic E-state index is -3.36. The highest BCUT2D eigenvalue weighted by Gasteiger charge is 2.22. The van der Waals surface area contributed by atoms with E-state index in [9.17, 15) is 8.42 Å². The lowest BCUT2D eigenvalue weighted by Crippen LogP contribution is -2.19. The zero-order chi connectivity index (χ0) is 16.3. The van der Waals surface area contributed by atoms with Crippen LogP contribution in [0, 0.1) is 6.92 Å².